The summed E-state index contributed by atoms with van der Waals surface area (Å²) in [5.41, 5.74) is 0.325. The largest absolute Gasteiger partial charge is 0.396 e. The van der Waals surface area contributed by atoms with Crippen LogP contribution in [0.4, 0.5) is 10.6 Å². The minimum atomic E-state index is -0.776. The molecule has 2 aliphatic heterocycles. The second-order valence-electron chi connectivity index (χ2n) is 8.46. The number of carbonyl (C=O) groups excluding carboxylic acids is 2. The van der Waals surface area contributed by atoms with Crippen LogP contribution in [-0.2, 0) is 11.2 Å². The fourth-order valence-electron chi connectivity index (χ4n) is 4.40. The zero-order valence-electron chi connectivity index (χ0n) is 18.0. The molecule has 1 aromatic heterocycles. The summed E-state index contributed by atoms with van der Waals surface area (Å²) in [6.07, 6.45) is 4.32. The normalized spacial score (nSPS) is 19.2. The molecule has 0 aromatic carbocycles. The monoisotopic (exact) mass is 403 g/mol. The second kappa shape index (κ2) is 8.65. The van der Waals surface area contributed by atoms with E-state index in [1.165, 1.54) is 4.90 Å². The van der Waals surface area contributed by atoms with Crippen molar-refractivity contribution in [2.24, 2.45) is 5.92 Å². The third-order valence-corrected chi connectivity index (χ3v) is 5.94. The Balaban J connectivity index is 1.85. The fourth-order valence-corrected chi connectivity index (χ4v) is 4.40. The van der Waals surface area contributed by atoms with Crippen LogP contribution >= 0.6 is 0 Å². The van der Waals surface area contributed by atoms with Crippen LogP contribution in [0.3, 0.4) is 0 Å². The zero-order chi connectivity index (χ0) is 21.2. The molecule has 0 radical (unpaired) electrons. The highest BCUT2D eigenvalue weighted by Crippen LogP contribution is 2.39. The molecule has 8 nitrogen and oxygen atoms in total. The highest BCUT2D eigenvalue weighted by Gasteiger charge is 2.57. The zero-order valence-corrected chi connectivity index (χ0v) is 18.0. The molecule has 29 heavy (non-hydrogen) atoms. The number of aromatic nitrogens is 2. The fraction of sp³-hybridized carbons (Fsp3) is 0.714. The van der Waals surface area contributed by atoms with Gasteiger partial charge in [-0.05, 0) is 38.5 Å². The van der Waals surface area contributed by atoms with Crippen molar-refractivity contribution in [3.8, 4) is 0 Å². The van der Waals surface area contributed by atoms with Crippen LogP contribution < -0.4 is 4.90 Å². The number of aryl methyl sites for hydroxylation is 2. The van der Waals surface area contributed by atoms with Gasteiger partial charge in [0, 0.05) is 44.5 Å². The van der Waals surface area contributed by atoms with Gasteiger partial charge in [-0.1, -0.05) is 20.8 Å². The van der Waals surface area contributed by atoms with E-state index >= 15 is 0 Å². The van der Waals surface area contributed by atoms with E-state index in [0.29, 0.717) is 38.9 Å². The molecule has 2 fully saturated rings. The number of urea groups is 1. The lowest BCUT2D eigenvalue weighted by atomic mass is 9.85. The Labute approximate surface area is 172 Å². The molecule has 1 spiro atoms. The average molecular weight is 404 g/mol. The van der Waals surface area contributed by atoms with Crippen molar-refractivity contribution >= 4 is 17.8 Å². The molecule has 8 heteroatoms. The number of hydrogen-bond acceptors (Lipinski definition) is 6. The molecule has 1 N–H and O–H groups in total. The molecule has 3 heterocycles. The summed E-state index contributed by atoms with van der Waals surface area (Å²) in [6, 6.07) is -0.210. The molecule has 3 rings (SSSR count). The van der Waals surface area contributed by atoms with E-state index in [0.717, 1.165) is 23.6 Å². The van der Waals surface area contributed by atoms with Crippen molar-refractivity contribution < 1.29 is 14.7 Å². The second-order valence-corrected chi connectivity index (χ2v) is 8.46. The summed E-state index contributed by atoms with van der Waals surface area (Å²) < 4.78 is 0. The number of nitrogens with zero attached hydrogens (tertiary/aromatic N) is 5. The highest BCUT2D eigenvalue weighted by atomic mass is 16.3. The van der Waals surface area contributed by atoms with Crippen LogP contribution in [-0.4, -0.2) is 75.1 Å². The van der Waals surface area contributed by atoms with E-state index < -0.39 is 5.54 Å². The number of anilines is 1. The van der Waals surface area contributed by atoms with Crippen molar-refractivity contribution in [2.45, 2.75) is 58.9 Å². The summed E-state index contributed by atoms with van der Waals surface area (Å²) in [5, 5.41) is 9.16. The Hall–Kier alpha value is -2.22. The van der Waals surface area contributed by atoms with Gasteiger partial charge in [-0.25, -0.2) is 14.8 Å². The van der Waals surface area contributed by atoms with E-state index in [2.05, 4.69) is 35.6 Å². The maximum absolute atomic E-state index is 13.3. The molecule has 1 aromatic rings. The standard InChI is InChI=1S/C21H33N5O3/c1-5-17-13-22-16(4)23-18(17)24-10-7-21(8-11-24)19(28)25(9-6-12-27)20(29)26(21)14-15(2)3/h13,15,27H,5-12,14H2,1-4H3. The first-order valence-electron chi connectivity index (χ1n) is 10.7. The maximum atomic E-state index is 13.3. The summed E-state index contributed by atoms with van der Waals surface area (Å²) in [5.74, 6) is 1.85. The molecular formula is C21H33N5O3. The molecule has 0 aliphatic carbocycles. The van der Waals surface area contributed by atoms with Crippen LogP contribution in [0, 0.1) is 12.8 Å². The van der Waals surface area contributed by atoms with Crippen LogP contribution in [0.1, 0.15) is 51.4 Å². The van der Waals surface area contributed by atoms with Crippen LogP contribution in [0.25, 0.3) is 0 Å². The molecule has 0 saturated carbocycles. The number of carbonyl (C=O) groups is 2. The number of aliphatic hydroxyl groups is 1. The Morgan fingerprint density at radius 2 is 1.93 bits per heavy atom. The smallest absolute Gasteiger partial charge is 0.327 e. The number of imide groups is 1. The number of rotatable bonds is 7. The Morgan fingerprint density at radius 3 is 2.52 bits per heavy atom. The quantitative estimate of drug-likeness (QED) is 0.701. The number of aliphatic hydroxyl groups excluding tert-OH is 1. The lowest BCUT2D eigenvalue weighted by molar-refractivity contribution is -0.134. The van der Waals surface area contributed by atoms with Gasteiger partial charge in [0.05, 0.1) is 0 Å². The van der Waals surface area contributed by atoms with Crippen molar-refractivity contribution in [2.75, 3.05) is 37.7 Å². The first kappa shape index (κ1) is 21.5. The average Bonchev–Trinajstić information content (AvgIpc) is 2.88. The van der Waals surface area contributed by atoms with Gasteiger partial charge in [-0.3, -0.25) is 9.69 Å². The third-order valence-electron chi connectivity index (χ3n) is 5.94. The molecule has 3 amide bonds. The van der Waals surface area contributed by atoms with E-state index in [1.807, 2.05) is 13.1 Å². The van der Waals surface area contributed by atoms with Gasteiger partial charge >= 0.3 is 6.03 Å². The summed E-state index contributed by atoms with van der Waals surface area (Å²) in [4.78, 5) is 40.7. The third kappa shape index (κ3) is 3.95. The SMILES string of the molecule is CCc1cnc(C)nc1N1CCC2(CC1)C(=O)N(CCCO)C(=O)N2CC(C)C. The van der Waals surface area contributed by atoms with Crippen molar-refractivity contribution in [1.29, 1.82) is 0 Å². The van der Waals surface area contributed by atoms with E-state index in [-0.39, 0.29) is 31.0 Å². The predicted octanol–water partition coefficient (Wildman–Crippen LogP) is 1.99. The Morgan fingerprint density at radius 1 is 1.24 bits per heavy atom. The molecule has 0 atom stereocenters. The van der Waals surface area contributed by atoms with Crippen LogP contribution in [0.15, 0.2) is 6.20 Å². The van der Waals surface area contributed by atoms with E-state index in [4.69, 9.17) is 5.11 Å². The van der Waals surface area contributed by atoms with Gasteiger partial charge in [-0.15, -0.1) is 0 Å². The molecule has 2 aliphatic rings. The Kier molecular flexibility index (Phi) is 6.41. The maximum Gasteiger partial charge on any atom is 0.327 e. The minimum Gasteiger partial charge on any atom is -0.396 e. The number of piperidine rings is 1. The van der Waals surface area contributed by atoms with Gasteiger partial charge < -0.3 is 14.9 Å². The van der Waals surface area contributed by atoms with Gasteiger partial charge in [0.25, 0.3) is 5.91 Å². The number of amides is 3. The summed E-state index contributed by atoms with van der Waals surface area (Å²) in [7, 11) is 0. The molecule has 0 unspecified atom stereocenters. The van der Waals surface area contributed by atoms with Gasteiger partial charge in [0.15, 0.2) is 0 Å². The van der Waals surface area contributed by atoms with Crippen LogP contribution in [0.2, 0.25) is 0 Å². The predicted molar refractivity (Wildman–Crippen MR) is 111 cm³/mol. The van der Waals surface area contributed by atoms with Crippen molar-refractivity contribution in [3.05, 3.63) is 17.6 Å². The van der Waals surface area contributed by atoms with E-state index in [9.17, 15) is 9.59 Å². The van der Waals surface area contributed by atoms with Gasteiger partial charge in [0.2, 0.25) is 0 Å². The summed E-state index contributed by atoms with van der Waals surface area (Å²) in [6.45, 7) is 10.3. The molecule has 160 valence electrons. The molecule has 0 bridgehead atoms. The molecule has 2 saturated heterocycles. The highest BCUT2D eigenvalue weighted by molar-refractivity contribution is 6.07. The Bertz CT molecular complexity index is 759. The van der Waals surface area contributed by atoms with E-state index in [1.54, 1.807) is 4.90 Å². The summed E-state index contributed by atoms with van der Waals surface area (Å²) >= 11 is 0. The first-order valence-corrected chi connectivity index (χ1v) is 10.7. The topological polar surface area (TPSA) is 89.9 Å². The lowest BCUT2D eigenvalue weighted by Crippen LogP contribution is -2.57. The lowest BCUT2D eigenvalue weighted by Gasteiger charge is -2.43. The number of hydrogen-bond donors (Lipinski definition) is 1. The van der Waals surface area contributed by atoms with Crippen molar-refractivity contribution in [1.82, 2.24) is 19.8 Å². The minimum absolute atomic E-state index is 0.0329. The van der Waals surface area contributed by atoms with Gasteiger partial charge in [-0.2, -0.15) is 0 Å². The van der Waals surface area contributed by atoms with Crippen LogP contribution in [0.5, 0.6) is 0 Å². The van der Waals surface area contributed by atoms with Gasteiger partial charge in [0.1, 0.15) is 17.2 Å². The van der Waals surface area contributed by atoms with Crippen molar-refractivity contribution in [3.63, 3.8) is 0 Å². The first-order chi connectivity index (χ1) is 13.8. The molecular weight excluding hydrogens is 370 g/mol.